The number of carbonyl (C=O) groups excluding carboxylic acids is 2. The fourth-order valence-electron chi connectivity index (χ4n) is 5.17. The quantitative estimate of drug-likeness (QED) is 0.154. The molecule has 0 spiro atoms. The molecular weight excluding hydrogens is 650 g/mol. The highest BCUT2D eigenvalue weighted by Crippen LogP contribution is 2.36. The van der Waals surface area contributed by atoms with Crippen LogP contribution in [-0.2, 0) is 32.6 Å². The van der Waals surface area contributed by atoms with Crippen LogP contribution in [0, 0.1) is 6.92 Å². The third kappa shape index (κ3) is 9.08. The van der Waals surface area contributed by atoms with Gasteiger partial charge in [0.2, 0.25) is 11.8 Å². The predicted molar refractivity (Wildman–Crippen MR) is 189 cm³/mol. The molecule has 2 amide bonds. The summed E-state index contributed by atoms with van der Waals surface area (Å²) in [6.07, 6.45) is 0.882. The van der Waals surface area contributed by atoms with Crippen molar-refractivity contribution in [3.8, 4) is 11.5 Å². The van der Waals surface area contributed by atoms with E-state index in [1.54, 1.807) is 42.5 Å². The van der Waals surface area contributed by atoms with E-state index in [4.69, 9.17) is 21.1 Å². The highest BCUT2D eigenvalue weighted by molar-refractivity contribution is 7.92. The number of benzene rings is 4. The van der Waals surface area contributed by atoms with Gasteiger partial charge in [0, 0.05) is 30.1 Å². The fraction of sp³-hybridized carbons (Fsp3) is 0.297. The van der Waals surface area contributed by atoms with Gasteiger partial charge in [0.05, 0.1) is 24.8 Å². The standard InChI is InChI=1S/C37H42ClN3O6S/c1-6-27(3)39-37(43)34(22-28-11-8-7-9-12-28)40(24-29-13-10-14-30(38)21-29)36(42)25-41(33-23-31(46-4)17-20-35(33)47-5)48(44,45)32-18-15-26(2)16-19-32/h7-21,23,27,34H,6,22,24-25H2,1-5H3,(H,39,43)/t27-,34+/m1/s1. The summed E-state index contributed by atoms with van der Waals surface area (Å²) in [6.45, 7) is 5.07. The molecule has 0 aliphatic heterocycles. The van der Waals surface area contributed by atoms with Crippen LogP contribution >= 0.6 is 11.6 Å². The zero-order chi connectivity index (χ0) is 34.8. The van der Waals surface area contributed by atoms with E-state index < -0.39 is 28.5 Å². The van der Waals surface area contributed by atoms with Crippen molar-refractivity contribution in [3.05, 3.63) is 119 Å². The van der Waals surface area contributed by atoms with Gasteiger partial charge in [0.25, 0.3) is 10.0 Å². The van der Waals surface area contributed by atoms with Crippen LogP contribution in [0.2, 0.25) is 5.02 Å². The molecule has 1 N–H and O–H groups in total. The Kier molecular flexibility index (Phi) is 12.5. The summed E-state index contributed by atoms with van der Waals surface area (Å²) in [6, 6.07) is 26.4. The van der Waals surface area contributed by atoms with Crippen molar-refractivity contribution in [2.24, 2.45) is 0 Å². The average molecular weight is 692 g/mol. The lowest BCUT2D eigenvalue weighted by molar-refractivity contribution is -0.140. The van der Waals surface area contributed by atoms with Crippen molar-refractivity contribution in [2.45, 2.75) is 57.1 Å². The van der Waals surface area contributed by atoms with E-state index in [9.17, 15) is 18.0 Å². The molecular formula is C37H42ClN3O6S. The number of hydrogen-bond acceptors (Lipinski definition) is 6. The van der Waals surface area contributed by atoms with Gasteiger partial charge in [-0.2, -0.15) is 0 Å². The normalized spacial score (nSPS) is 12.5. The zero-order valence-corrected chi connectivity index (χ0v) is 29.4. The highest BCUT2D eigenvalue weighted by Gasteiger charge is 2.36. The number of nitrogens with one attached hydrogen (secondary N) is 1. The Morgan fingerprint density at radius 3 is 2.19 bits per heavy atom. The second-order valence-electron chi connectivity index (χ2n) is 11.5. The molecule has 48 heavy (non-hydrogen) atoms. The maximum atomic E-state index is 14.7. The molecule has 11 heteroatoms. The molecule has 0 heterocycles. The van der Waals surface area contributed by atoms with Crippen molar-refractivity contribution in [1.29, 1.82) is 0 Å². The summed E-state index contributed by atoms with van der Waals surface area (Å²) in [4.78, 5) is 30.2. The molecule has 4 aromatic rings. The largest absolute Gasteiger partial charge is 0.497 e. The second-order valence-corrected chi connectivity index (χ2v) is 13.8. The number of ether oxygens (including phenoxy) is 2. The van der Waals surface area contributed by atoms with Crippen LogP contribution in [0.25, 0.3) is 0 Å². The van der Waals surface area contributed by atoms with E-state index in [1.807, 2.05) is 57.2 Å². The van der Waals surface area contributed by atoms with Gasteiger partial charge < -0.3 is 19.7 Å². The number of hydrogen-bond donors (Lipinski definition) is 1. The number of sulfonamides is 1. The molecule has 0 unspecified atom stereocenters. The minimum atomic E-state index is -4.34. The molecule has 0 aliphatic rings. The third-order valence-electron chi connectivity index (χ3n) is 8.06. The molecule has 4 rings (SSSR count). The maximum Gasteiger partial charge on any atom is 0.264 e. The minimum absolute atomic E-state index is 0.00150. The topological polar surface area (TPSA) is 105 Å². The van der Waals surface area contributed by atoms with Gasteiger partial charge in [0.15, 0.2) is 0 Å². The number of anilines is 1. The van der Waals surface area contributed by atoms with Crippen LogP contribution < -0.4 is 19.1 Å². The molecule has 0 radical (unpaired) electrons. The van der Waals surface area contributed by atoms with Crippen LogP contribution in [0.1, 0.15) is 37.0 Å². The minimum Gasteiger partial charge on any atom is -0.497 e. The predicted octanol–water partition coefficient (Wildman–Crippen LogP) is 6.42. The summed E-state index contributed by atoms with van der Waals surface area (Å²) < 4.78 is 40.8. The lowest BCUT2D eigenvalue weighted by Crippen LogP contribution is -2.54. The van der Waals surface area contributed by atoms with Crippen LogP contribution in [0.5, 0.6) is 11.5 Å². The molecule has 2 atom stereocenters. The van der Waals surface area contributed by atoms with Gasteiger partial charge in [-0.05, 0) is 67.8 Å². The molecule has 0 saturated carbocycles. The fourth-order valence-corrected chi connectivity index (χ4v) is 6.80. The molecule has 4 aromatic carbocycles. The summed E-state index contributed by atoms with van der Waals surface area (Å²) in [5.74, 6) is -0.365. The Labute approximate surface area is 288 Å². The SMILES string of the molecule is CC[C@@H](C)NC(=O)[C@H](Cc1ccccc1)N(Cc1cccc(Cl)c1)C(=O)CN(c1cc(OC)ccc1OC)S(=O)(=O)c1ccc(C)cc1. The van der Waals surface area contributed by atoms with E-state index in [1.165, 1.54) is 37.3 Å². The molecule has 254 valence electrons. The Balaban J connectivity index is 1.87. The van der Waals surface area contributed by atoms with Gasteiger partial charge in [-0.25, -0.2) is 8.42 Å². The summed E-state index contributed by atoms with van der Waals surface area (Å²) in [7, 11) is -1.45. The first kappa shape index (κ1) is 36.3. The van der Waals surface area contributed by atoms with Crippen LogP contribution in [0.15, 0.2) is 102 Å². The lowest BCUT2D eigenvalue weighted by atomic mass is 10.0. The summed E-state index contributed by atoms with van der Waals surface area (Å²) in [5, 5.41) is 3.50. The highest BCUT2D eigenvalue weighted by atomic mass is 35.5. The summed E-state index contributed by atoms with van der Waals surface area (Å²) in [5.41, 5.74) is 2.50. The Morgan fingerprint density at radius 2 is 1.56 bits per heavy atom. The number of nitrogens with zero attached hydrogens (tertiary/aromatic N) is 2. The zero-order valence-electron chi connectivity index (χ0n) is 27.9. The van der Waals surface area contributed by atoms with E-state index >= 15 is 0 Å². The molecule has 0 fully saturated rings. The number of methoxy groups -OCH3 is 2. The lowest BCUT2D eigenvalue weighted by Gasteiger charge is -2.34. The Bertz CT molecular complexity index is 1800. The first-order chi connectivity index (χ1) is 23.0. The molecule has 0 saturated heterocycles. The first-order valence-corrected chi connectivity index (χ1v) is 17.5. The van der Waals surface area contributed by atoms with Gasteiger partial charge in [0.1, 0.15) is 24.1 Å². The second kappa shape index (κ2) is 16.5. The van der Waals surface area contributed by atoms with Crippen molar-refractivity contribution >= 4 is 39.1 Å². The number of rotatable bonds is 15. The molecule has 0 aliphatic carbocycles. The molecule has 0 aromatic heterocycles. The average Bonchev–Trinajstić information content (AvgIpc) is 3.08. The number of amides is 2. The van der Waals surface area contributed by atoms with E-state index in [-0.39, 0.29) is 41.2 Å². The third-order valence-corrected chi connectivity index (χ3v) is 10.1. The number of carbonyl (C=O) groups is 2. The van der Waals surface area contributed by atoms with Crippen LogP contribution in [0.4, 0.5) is 5.69 Å². The van der Waals surface area contributed by atoms with Gasteiger partial charge in [-0.15, -0.1) is 0 Å². The Hall–Kier alpha value is -4.54. The van der Waals surface area contributed by atoms with Crippen LogP contribution in [-0.4, -0.2) is 58.0 Å². The van der Waals surface area contributed by atoms with Gasteiger partial charge >= 0.3 is 0 Å². The van der Waals surface area contributed by atoms with E-state index in [0.717, 1.165) is 15.4 Å². The Morgan fingerprint density at radius 1 is 0.875 bits per heavy atom. The van der Waals surface area contributed by atoms with Crippen LogP contribution in [0.3, 0.4) is 0 Å². The van der Waals surface area contributed by atoms with E-state index in [2.05, 4.69) is 5.32 Å². The maximum absolute atomic E-state index is 14.7. The molecule has 9 nitrogen and oxygen atoms in total. The monoisotopic (exact) mass is 691 g/mol. The van der Waals surface area contributed by atoms with Crippen molar-refractivity contribution in [3.63, 3.8) is 0 Å². The van der Waals surface area contributed by atoms with Crippen molar-refractivity contribution < 1.29 is 27.5 Å². The summed E-state index contributed by atoms with van der Waals surface area (Å²) >= 11 is 6.34. The van der Waals surface area contributed by atoms with Gasteiger partial charge in [-0.1, -0.05) is 78.7 Å². The van der Waals surface area contributed by atoms with E-state index in [0.29, 0.717) is 22.8 Å². The first-order valence-electron chi connectivity index (χ1n) is 15.7. The molecule has 0 bridgehead atoms. The van der Waals surface area contributed by atoms with Crippen molar-refractivity contribution in [2.75, 3.05) is 25.1 Å². The number of halogens is 1. The van der Waals surface area contributed by atoms with Crippen molar-refractivity contribution in [1.82, 2.24) is 10.2 Å². The number of aryl methyl sites for hydroxylation is 1. The van der Waals surface area contributed by atoms with Gasteiger partial charge in [-0.3, -0.25) is 13.9 Å². The smallest absolute Gasteiger partial charge is 0.264 e.